The topological polar surface area (TPSA) is 75.6 Å². The zero-order valence-corrected chi connectivity index (χ0v) is 12.0. The molecule has 2 N–H and O–H groups in total. The van der Waals surface area contributed by atoms with Gasteiger partial charge in [0.05, 0.1) is 6.61 Å². The maximum absolute atomic E-state index is 12.2. The van der Waals surface area contributed by atoms with Gasteiger partial charge >= 0.3 is 6.09 Å². The van der Waals surface area contributed by atoms with Crippen LogP contribution in [0.3, 0.4) is 0 Å². The first-order valence-electron chi connectivity index (χ1n) is 6.96. The normalized spacial score (nSPS) is 10.0. The van der Waals surface area contributed by atoms with Crippen molar-refractivity contribution in [2.45, 2.75) is 6.42 Å². The van der Waals surface area contributed by atoms with E-state index in [-0.39, 0.29) is 5.78 Å². The van der Waals surface area contributed by atoms with E-state index < -0.39 is 6.09 Å². The highest BCUT2D eigenvalue weighted by Gasteiger charge is 2.08. The molecule has 0 heterocycles. The Morgan fingerprint density at radius 1 is 0.955 bits per heavy atom. The van der Waals surface area contributed by atoms with E-state index in [1.165, 1.54) is 0 Å². The first kappa shape index (κ1) is 15.6. The van der Waals surface area contributed by atoms with E-state index in [1.807, 2.05) is 18.2 Å². The Bertz CT molecular complexity index is 623. The smallest absolute Gasteiger partial charge is 0.404 e. The number of nitrogens with one attached hydrogen (secondary N) is 1. The molecule has 22 heavy (non-hydrogen) atoms. The second-order valence-electron chi connectivity index (χ2n) is 4.65. The maximum atomic E-state index is 12.2. The Morgan fingerprint density at radius 2 is 1.59 bits per heavy atom. The van der Waals surface area contributed by atoms with Crippen molar-refractivity contribution in [3.8, 4) is 5.75 Å². The number of hydrogen-bond acceptors (Lipinski definition) is 3. The van der Waals surface area contributed by atoms with Crippen LogP contribution in [0.4, 0.5) is 4.79 Å². The lowest BCUT2D eigenvalue weighted by molar-refractivity contribution is 0.103. The highest BCUT2D eigenvalue weighted by molar-refractivity contribution is 6.08. The quantitative estimate of drug-likeness (QED) is 0.609. The van der Waals surface area contributed by atoms with Crippen molar-refractivity contribution < 1.29 is 19.4 Å². The van der Waals surface area contributed by atoms with Crippen molar-refractivity contribution in [1.29, 1.82) is 0 Å². The summed E-state index contributed by atoms with van der Waals surface area (Å²) in [6.07, 6.45) is -0.458. The lowest BCUT2D eigenvalue weighted by Crippen LogP contribution is -2.23. The number of benzene rings is 2. The minimum atomic E-state index is -1.04. The molecule has 0 aliphatic carbocycles. The van der Waals surface area contributed by atoms with E-state index in [4.69, 9.17) is 9.84 Å². The van der Waals surface area contributed by atoms with E-state index >= 15 is 0 Å². The van der Waals surface area contributed by atoms with Crippen molar-refractivity contribution >= 4 is 11.9 Å². The fraction of sp³-hybridized carbons (Fsp3) is 0.176. The van der Waals surface area contributed by atoms with E-state index in [0.717, 1.165) is 0 Å². The third kappa shape index (κ3) is 4.63. The molecular formula is C17H17NO4. The van der Waals surface area contributed by atoms with Crippen LogP contribution in [0.25, 0.3) is 0 Å². The van der Waals surface area contributed by atoms with Crippen LogP contribution in [0.5, 0.6) is 5.75 Å². The molecule has 5 heteroatoms. The zero-order valence-electron chi connectivity index (χ0n) is 12.0. The summed E-state index contributed by atoms with van der Waals surface area (Å²) in [6.45, 7) is 0.756. The summed E-state index contributed by atoms with van der Waals surface area (Å²) < 4.78 is 5.48. The highest BCUT2D eigenvalue weighted by atomic mass is 16.5. The number of ether oxygens (including phenoxy) is 1. The van der Waals surface area contributed by atoms with Gasteiger partial charge in [-0.05, 0) is 30.7 Å². The summed E-state index contributed by atoms with van der Waals surface area (Å²) in [4.78, 5) is 22.5. The fourth-order valence-corrected chi connectivity index (χ4v) is 1.92. The van der Waals surface area contributed by atoms with Gasteiger partial charge in [0.2, 0.25) is 0 Å². The average molecular weight is 299 g/mol. The second-order valence-corrected chi connectivity index (χ2v) is 4.65. The summed E-state index contributed by atoms with van der Waals surface area (Å²) in [7, 11) is 0. The molecule has 0 saturated carbocycles. The Morgan fingerprint density at radius 3 is 2.23 bits per heavy atom. The molecule has 0 aliphatic heterocycles. The second kappa shape index (κ2) is 7.83. The molecule has 0 radical (unpaired) electrons. The summed E-state index contributed by atoms with van der Waals surface area (Å²) in [5, 5.41) is 10.7. The largest absolute Gasteiger partial charge is 0.494 e. The first-order chi connectivity index (χ1) is 10.7. The van der Waals surface area contributed by atoms with Crippen LogP contribution in [0.2, 0.25) is 0 Å². The van der Waals surface area contributed by atoms with Gasteiger partial charge in [-0.2, -0.15) is 0 Å². The van der Waals surface area contributed by atoms with Gasteiger partial charge in [-0.15, -0.1) is 0 Å². The third-order valence-electron chi connectivity index (χ3n) is 3.02. The molecule has 0 bridgehead atoms. The number of carboxylic acid groups (broad SMARTS) is 1. The van der Waals surface area contributed by atoms with Crippen LogP contribution >= 0.6 is 0 Å². The summed E-state index contributed by atoms with van der Waals surface area (Å²) in [6, 6.07) is 16.0. The van der Waals surface area contributed by atoms with Gasteiger partial charge in [0, 0.05) is 17.7 Å². The molecule has 2 aromatic carbocycles. The Balaban J connectivity index is 1.85. The molecule has 0 spiro atoms. The summed E-state index contributed by atoms with van der Waals surface area (Å²) in [5.74, 6) is 0.623. The van der Waals surface area contributed by atoms with E-state index in [0.29, 0.717) is 36.4 Å². The van der Waals surface area contributed by atoms with Crippen molar-refractivity contribution in [3.05, 3.63) is 65.7 Å². The average Bonchev–Trinajstić information content (AvgIpc) is 2.55. The standard InChI is InChI=1S/C17H17NO4/c19-16(13-5-2-1-3-6-13)14-7-9-15(10-8-14)22-12-4-11-18-17(20)21/h1-3,5-10,18H,4,11-12H2,(H,20,21). The number of ketones is 1. The van der Waals surface area contributed by atoms with Crippen molar-refractivity contribution in [1.82, 2.24) is 5.32 Å². The molecule has 114 valence electrons. The van der Waals surface area contributed by atoms with Gasteiger partial charge < -0.3 is 15.2 Å². The highest BCUT2D eigenvalue weighted by Crippen LogP contribution is 2.15. The van der Waals surface area contributed by atoms with Gasteiger partial charge in [-0.25, -0.2) is 4.79 Å². The lowest BCUT2D eigenvalue weighted by Gasteiger charge is -2.07. The Kier molecular flexibility index (Phi) is 5.54. The molecule has 0 aliphatic rings. The number of rotatable bonds is 7. The van der Waals surface area contributed by atoms with Crippen LogP contribution in [-0.4, -0.2) is 30.1 Å². The van der Waals surface area contributed by atoms with Crippen molar-refractivity contribution in [3.63, 3.8) is 0 Å². The molecule has 0 aromatic heterocycles. The number of hydrogen-bond donors (Lipinski definition) is 2. The molecule has 0 fully saturated rings. The number of amides is 1. The van der Waals surface area contributed by atoms with Crippen molar-refractivity contribution in [2.24, 2.45) is 0 Å². The van der Waals surface area contributed by atoms with Gasteiger partial charge in [-0.1, -0.05) is 30.3 Å². The zero-order chi connectivity index (χ0) is 15.8. The fourth-order valence-electron chi connectivity index (χ4n) is 1.92. The van der Waals surface area contributed by atoms with Gasteiger partial charge in [-0.3, -0.25) is 4.79 Å². The molecule has 0 atom stereocenters. The maximum Gasteiger partial charge on any atom is 0.404 e. The molecule has 5 nitrogen and oxygen atoms in total. The van der Waals surface area contributed by atoms with Crippen LogP contribution in [0.15, 0.2) is 54.6 Å². The monoisotopic (exact) mass is 299 g/mol. The Hall–Kier alpha value is -2.82. The van der Waals surface area contributed by atoms with Gasteiger partial charge in [0.1, 0.15) is 5.75 Å². The van der Waals surface area contributed by atoms with Crippen LogP contribution in [0.1, 0.15) is 22.3 Å². The van der Waals surface area contributed by atoms with Crippen LogP contribution in [0, 0.1) is 0 Å². The predicted molar refractivity (Wildman–Crippen MR) is 82.5 cm³/mol. The van der Waals surface area contributed by atoms with E-state index in [1.54, 1.807) is 36.4 Å². The van der Waals surface area contributed by atoms with Gasteiger partial charge in [0.25, 0.3) is 0 Å². The van der Waals surface area contributed by atoms with Gasteiger partial charge in [0.15, 0.2) is 5.78 Å². The number of carbonyl (C=O) groups excluding carboxylic acids is 1. The molecular weight excluding hydrogens is 282 g/mol. The summed E-state index contributed by atoms with van der Waals surface area (Å²) >= 11 is 0. The number of carbonyl (C=O) groups is 2. The predicted octanol–water partition coefficient (Wildman–Crippen LogP) is 2.95. The minimum absolute atomic E-state index is 0.0298. The van der Waals surface area contributed by atoms with E-state index in [2.05, 4.69) is 5.32 Å². The van der Waals surface area contributed by atoms with Crippen LogP contribution < -0.4 is 10.1 Å². The third-order valence-corrected chi connectivity index (χ3v) is 3.02. The summed E-state index contributed by atoms with van der Waals surface area (Å²) in [5.41, 5.74) is 1.25. The SMILES string of the molecule is O=C(O)NCCCOc1ccc(C(=O)c2ccccc2)cc1. The Labute approximate surface area is 128 Å². The van der Waals surface area contributed by atoms with E-state index in [9.17, 15) is 9.59 Å². The lowest BCUT2D eigenvalue weighted by atomic mass is 10.0. The first-order valence-corrected chi connectivity index (χ1v) is 6.96. The molecule has 2 aromatic rings. The molecule has 1 amide bonds. The molecule has 0 saturated heterocycles. The van der Waals surface area contributed by atoms with Crippen molar-refractivity contribution in [2.75, 3.05) is 13.2 Å². The minimum Gasteiger partial charge on any atom is -0.494 e. The molecule has 2 rings (SSSR count). The molecule has 0 unspecified atom stereocenters. The van der Waals surface area contributed by atoms with Crippen LogP contribution in [-0.2, 0) is 0 Å².